The summed E-state index contributed by atoms with van der Waals surface area (Å²) in [7, 11) is 0. The molecule has 0 atom stereocenters. The van der Waals surface area contributed by atoms with Crippen LogP contribution in [0.25, 0.3) is 0 Å². The van der Waals surface area contributed by atoms with Crippen LogP contribution in [0.1, 0.15) is 51.0 Å². The van der Waals surface area contributed by atoms with Crippen molar-refractivity contribution >= 4 is 17.5 Å². The summed E-state index contributed by atoms with van der Waals surface area (Å²) in [6.45, 7) is 5.54. The number of aryl methyl sites for hydroxylation is 1. The maximum absolute atomic E-state index is 12.5. The number of rotatable bonds is 6. The molecule has 0 aromatic heterocycles. The van der Waals surface area contributed by atoms with Crippen LogP contribution in [0, 0.1) is 5.92 Å². The van der Waals surface area contributed by atoms with E-state index in [9.17, 15) is 9.59 Å². The lowest BCUT2D eigenvalue weighted by Gasteiger charge is -2.35. The van der Waals surface area contributed by atoms with E-state index in [4.69, 9.17) is 0 Å². The topological polar surface area (TPSA) is 52.7 Å². The van der Waals surface area contributed by atoms with E-state index in [1.54, 1.807) is 0 Å². The Hall–Kier alpha value is -1.88. The second kappa shape index (κ2) is 9.88. The third kappa shape index (κ3) is 6.06. The molecule has 0 spiro atoms. The van der Waals surface area contributed by atoms with Crippen LogP contribution in [0.4, 0.5) is 5.69 Å². The minimum Gasteiger partial charge on any atom is -0.340 e. The van der Waals surface area contributed by atoms with Crippen LogP contribution in [-0.2, 0) is 16.0 Å². The van der Waals surface area contributed by atoms with Gasteiger partial charge in [0.05, 0.1) is 6.54 Å². The summed E-state index contributed by atoms with van der Waals surface area (Å²) < 4.78 is 0. The molecule has 0 unspecified atom stereocenters. The molecule has 1 aromatic rings. The van der Waals surface area contributed by atoms with Crippen molar-refractivity contribution in [3.8, 4) is 0 Å². The van der Waals surface area contributed by atoms with Gasteiger partial charge in [-0.3, -0.25) is 14.5 Å². The molecule has 1 aliphatic heterocycles. The zero-order chi connectivity index (χ0) is 19.1. The van der Waals surface area contributed by atoms with Gasteiger partial charge >= 0.3 is 0 Å². The van der Waals surface area contributed by atoms with E-state index in [1.807, 2.05) is 29.2 Å². The highest BCUT2D eigenvalue weighted by atomic mass is 16.2. The third-order valence-electron chi connectivity index (χ3n) is 5.93. The fourth-order valence-corrected chi connectivity index (χ4v) is 4.15. The van der Waals surface area contributed by atoms with Crippen molar-refractivity contribution in [2.45, 2.75) is 51.9 Å². The molecule has 5 heteroatoms. The highest BCUT2D eigenvalue weighted by Crippen LogP contribution is 2.27. The average molecular weight is 372 g/mol. The number of nitrogens with zero attached hydrogens (tertiary/aromatic N) is 2. The molecule has 1 saturated carbocycles. The predicted octanol–water partition coefficient (Wildman–Crippen LogP) is 3.30. The molecule has 2 fully saturated rings. The highest BCUT2D eigenvalue weighted by molar-refractivity contribution is 5.92. The molecule has 27 heavy (non-hydrogen) atoms. The molecule has 2 amide bonds. The van der Waals surface area contributed by atoms with Crippen molar-refractivity contribution < 1.29 is 9.59 Å². The van der Waals surface area contributed by atoms with Crippen molar-refractivity contribution in [3.05, 3.63) is 29.8 Å². The molecule has 1 aromatic carbocycles. The van der Waals surface area contributed by atoms with Crippen LogP contribution < -0.4 is 5.32 Å². The van der Waals surface area contributed by atoms with Gasteiger partial charge in [-0.15, -0.1) is 0 Å². The standard InChI is InChI=1S/C22H33N3O2/c1-2-18-8-10-20(11-9-18)23-21(26)17-24-12-14-25(15-13-24)22(27)16-19-6-4-3-5-7-19/h8-11,19H,2-7,12-17H2,1H3,(H,23,26). The number of nitrogens with one attached hydrogen (secondary N) is 1. The van der Waals surface area contributed by atoms with E-state index < -0.39 is 0 Å². The fraction of sp³-hybridized carbons (Fsp3) is 0.636. The van der Waals surface area contributed by atoms with Gasteiger partial charge in [-0.2, -0.15) is 0 Å². The van der Waals surface area contributed by atoms with E-state index >= 15 is 0 Å². The Morgan fingerprint density at radius 1 is 1.00 bits per heavy atom. The van der Waals surface area contributed by atoms with Crippen LogP contribution in [0.3, 0.4) is 0 Å². The molecule has 1 N–H and O–H groups in total. The second-order valence-corrected chi connectivity index (χ2v) is 7.96. The lowest BCUT2D eigenvalue weighted by Crippen LogP contribution is -2.50. The van der Waals surface area contributed by atoms with Gasteiger partial charge in [0.25, 0.3) is 0 Å². The second-order valence-electron chi connectivity index (χ2n) is 7.96. The number of piperazine rings is 1. The monoisotopic (exact) mass is 371 g/mol. The molecule has 148 valence electrons. The first-order chi connectivity index (χ1) is 13.1. The first-order valence-electron chi connectivity index (χ1n) is 10.5. The Bertz CT molecular complexity index is 615. The SMILES string of the molecule is CCc1ccc(NC(=O)CN2CCN(C(=O)CC3CCCCC3)CC2)cc1. The van der Waals surface area contributed by atoms with Crippen molar-refractivity contribution in [1.82, 2.24) is 9.80 Å². The molecular formula is C22H33N3O2. The van der Waals surface area contributed by atoms with Gasteiger partial charge in [0, 0.05) is 38.3 Å². The summed E-state index contributed by atoms with van der Waals surface area (Å²) in [6.07, 6.45) is 8.03. The van der Waals surface area contributed by atoms with Crippen molar-refractivity contribution in [1.29, 1.82) is 0 Å². The quantitative estimate of drug-likeness (QED) is 0.835. The Morgan fingerprint density at radius 3 is 2.30 bits per heavy atom. The number of carbonyl (C=O) groups is 2. The Kier molecular flexibility index (Phi) is 7.27. The maximum Gasteiger partial charge on any atom is 0.238 e. The average Bonchev–Trinajstić information content (AvgIpc) is 2.70. The Labute approximate surface area is 163 Å². The number of anilines is 1. The summed E-state index contributed by atoms with van der Waals surface area (Å²) in [5.41, 5.74) is 2.11. The molecule has 2 aliphatic rings. The van der Waals surface area contributed by atoms with Crippen LogP contribution in [-0.4, -0.2) is 54.3 Å². The van der Waals surface area contributed by atoms with Crippen molar-refractivity contribution in [2.75, 3.05) is 38.0 Å². The van der Waals surface area contributed by atoms with E-state index in [-0.39, 0.29) is 5.91 Å². The number of hydrogen-bond donors (Lipinski definition) is 1. The molecule has 1 heterocycles. The van der Waals surface area contributed by atoms with Gasteiger partial charge in [0.2, 0.25) is 11.8 Å². The van der Waals surface area contributed by atoms with Gasteiger partial charge in [-0.25, -0.2) is 0 Å². The van der Waals surface area contributed by atoms with Gasteiger partial charge in [0.15, 0.2) is 0 Å². The summed E-state index contributed by atoms with van der Waals surface area (Å²) in [5, 5.41) is 2.97. The molecule has 1 aliphatic carbocycles. The summed E-state index contributed by atoms with van der Waals surface area (Å²) in [5.74, 6) is 0.914. The van der Waals surface area contributed by atoms with E-state index in [0.717, 1.165) is 38.3 Å². The largest absolute Gasteiger partial charge is 0.340 e. The normalized spacial score (nSPS) is 19.1. The number of amides is 2. The summed E-state index contributed by atoms with van der Waals surface area (Å²) in [6, 6.07) is 8.01. The number of benzene rings is 1. The first-order valence-corrected chi connectivity index (χ1v) is 10.5. The van der Waals surface area contributed by atoms with Crippen molar-refractivity contribution in [3.63, 3.8) is 0 Å². The number of hydrogen-bond acceptors (Lipinski definition) is 3. The number of carbonyl (C=O) groups excluding carboxylic acids is 2. The third-order valence-corrected chi connectivity index (χ3v) is 5.93. The van der Waals surface area contributed by atoms with Gasteiger partial charge in [-0.05, 0) is 42.9 Å². The minimum atomic E-state index is 0.0150. The van der Waals surface area contributed by atoms with Crippen molar-refractivity contribution in [2.24, 2.45) is 5.92 Å². The van der Waals surface area contributed by atoms with Gasteiger partial charge in [0.1, 0.15) is 0 Å². The maximum atomic E-state index is 12.5. The highest BCUT2D eigenvalue weighted by Gasteiger charge is 2.25. The van der Waals surface area contributed by atoms with Crippen LogP contribution in [0.5, 0.6) is 0 Å². The molecule has 1 saturated heterocycles. The van der Waals surface area contributed by atoms with Crippen LogP contribution in [0.2, 0.25) is 0 Å². The zero-order valence-corrected chi connectivity index (χ0v) is 16.6. The van der Waals surface area contributed by atoms with Gasteiger partial charge < -0.3 is 10.2 Å². The van der Waals surface area contributed by atoms with E-state index in [2.05, 4.69) is 17.1 Å². The fourth-order valence-electron chi connectivity index (χ4n) is 4.15. The molecular weight excluding hydrogens is 338 g/mol. The predicted molar refractivity (Wildman–Crippen MR) is 109 cm³/mol. The first kappa shape index (κ1) is 19.9. The Balaban J connectivity index is 1.38. The zero-order valence-electron chi connectivity index (χ0n) is 16.6. The lowest BCUT2D eigenvalue weighted by molar-refractivity contribution is -0.134. The van der Waals surface area contributed by atoms with Crippen LogP contribution in [0.15, 0.2) is 24.3 Å². The molecule has 5 nitrogen and oxygen atoms in total. The summed E-state index contributed by atoms with van der Waals surface area (Å²) >= 11 is 0. The molecule has 3 rings (SSSR count). The van der Waals surface area contributed by atoms with E-state index in [1.165, 1.54) is 37.7 Å². The molecule has 0 radical (unpaired) electrons. The Morgan fingerprint density at radius 2 is 1.67 bits per heavy atom. The summed E-state index contributed by atoms with van der Waals surface area (Å²) in [4.78, 5) is 28.9. The lowest BCUT2D eigenvalue weighted by atomic mass is 9.86. The molecule has 0 bridgehead atoms. The smallest absolute Gasteiger partial charge is 0.238 e. The van der Waals surface area contributed by atoms with E-state index in [0.29, 0.717) is 24.8 Å². The van der Waals surface area contributed by atoms with Gasteiger partial charge in [-0.1, -0.05) is 38.3 Å². The van der Waals surface area contributed by atoms with Crippen LogP contribution >= 0.6 is 0 Å². The minimum absolute atomic E-state index is 0.0150.